The molecular weight excluding hydrogens is 374 g/mol. The molecule has 0 N–H and O–H groups in total. The number of furan rings is 1. The van der Waals surface area contributed by atoms with Gasteiger partial charge in [0.1, 0.15) is 11.8 Å². The highest BCUT2D eigenvalue weighted by molar-refractivity contribution is 5.96. The van der Waals surface area contributed by atoms with E-state index < -0.39 is 11.8 Å². The summed E-state index contributed by atoms with van der Waals surface area (Å²) in [5.74, 6) is 0.249. The molecule has 1 aromatic rings. The summed E-state index contributed by atoms with van der Waals surface area (Å²) in [6.07, 6.45) is 6.44. The summed E-state index contributed by atoms with van der Waals surface area (Å²) in [7, 11) is 0. The molecule has 156 valence electrons. The molecule has 8 nitrogen and oxygen atoms in total. The quantitative estimate of drug-likeness (QED) is 0.766. The Morgan fingerprint density at radius 3 is 2.28 bits per heavy atom. The maximum absolute atomic E-state index is 13.3. The average molecular weight is 401 g/mol. The minimum absolute atomic E-state index is 0.0456. The van der Waals surface area contributed by atoms with E-state index in [2.05, 4.69) is 0 Å². The van der Waals surface area contributed by atoms with E-state index in [0.717, 1.165) is 38.8 Å². The standard InChI is InChI=1S/C21H27N3O5/c25-18(15-5-6-15)23-11-7-21(8-12-23)24(20(27)17-4-3-13-28-17)16(14-29-21)19(26)22-9-1-2-10-22/h3-4,13,15-16H,1-2,5-12,14H2. The Morgan fingerprint density at radius 1 is 0.966 bits per heavy atom. The van der Waals surface area contributed by atoms with Crippen molar-refractivity contribution in [1.29, 1.82) is 0 Å². The number of nitrogens with zero attached hydrogens (tertiary/aromatic N) is 3. The maximum Gasteiger partial charge on any atom is 0.292 e. The highest BCUT2D eigenvalue weighted by Gasteiger charge is 2.55. The molecule has 4 aliphatic rings. The van der Waals surface area contributed by atoms with Gasteiger partial charge in [0.15, 0.2) is 5.76 Å². The fraction of sp³-hybridized carbons (Fsp3) is 0.667. The van der Waals surface area contributed by atoms with Crippen molar-refractivity contribution >= 4 is 17.7 Å². The van der Waals surface area contributed by atoms with Crippen LogP contribution >= 0.6 is 0 Å². The molecule has 29 heavy (non-hydrogen) atoms. The molecule has 3 aliphatic heterocycles. The third kappa shape index (κ3) is 3.23. The molecule has 0 bridgehead atoms. The van der Waals surface area contributed by atoms with Crippen molar-refractivity contribution in [3.8, 4) is 0 Å². The molecule has 3 amide bonds. The Bertz CT molecular complexity index is 789. The van der Waals surface area contributed by atoms with Gasteiger partial charge in [-0.25, -0.2) is 0 Å². The van der Waals surface area contributed by atoms with Gasteiger partial charge in [-0.15, -0.1) is 0 Å². The lowest BCUT2D eigenvalue weighted by Crippen LogP contribution is -2.60. The minimum atomic E-state index is -0.857. The van der Waals surface area contributed by atoms with Crippen LogP contribution in [0.15, 0.2) is 22.8 Å². The zero-order valence-electron chi connectivity index (χ0n) is 16.5. The van der Waals surface area contributed by atoms with Crippen molar-refractivity contribution in [3.63, 3.8) is 0 Å². The second-order valence-electron chi connectivity index (χ2n) is 8.56. The molecule has 1 aliphatic carbocycles. The van der Waals surface area contributed by atoms with Gasteiger partial charge in [0.2, 0.25) is 11.8 Å². The van der Waals surface area contributed by atoms with Gasteiger partial charge < -0.3 is 19.0 Å². The van der Waals surface area contributed by atoms with E-state index in [4.69, 9.17) is 9.15 Å². The molecule has 1 saturated carbocycles. The van der Waals surface area contributed by atoms with E-state index in [1.54, 1.807) is 17.0 Å². The van der Waals surface area contributed by atoms with Crippen LogP contribution < -0.4 is 0 Å². The minimum Gasteiger partial charge on any atom is -0.459 e. The Morgan fingerprint density at radius 2 is 1.66 bits per heavy atom. The number of likely N-dealkylation sites (tertiary alicyclic amines) is 2. The summed E-state index contributed by atoms with van der Waals surface area (Å²) in [6, 6.07) is 2.65. The summed E-state index contributed by atoms with van der Waals surface area (Å²) >= 11 is 0. The van der Waals surface area contributed by atoms with Crippen molar-refractivity contribution in [2.24, 2.45) is 5.92 Å². The van der Waals surface area contributed by atoms with Crippen LogP contribution in [0.25, 0.3) is 0 Å². The number of ether oxygens (including phenoxy) is 1. The Hall–Kier alpha value is -2.35. The zero-order chi connectivity index (χ0) is 20.0. The molecule has 0 aromatic carbocycles. The summed E-state index contributed by atoms with van der Waals surface area (Å²) in [5, 5.41) is 0. The van der Waals surface area contributed by atoms with Crippen molar-refractivity contribution in [2.75, 3.05) is 32.8 Å². The van der Waals surface area contributed by atoms with Gasteiger partial charge in [-0.3, -0.25) is 19.3 Å². The largest absolute Gasteiger partial charge is 0.459 e. The van der Waals surface area contributed by atoms with Crippen LogP contribution in [0.2, 0.25) is 0 Å². The fourth-order valence-corrected chi connectivity index (χ4v) is 4.89. The van der Waals surface area contributed by atoms with Crippen LogP contribution in [-0.4, -0.2) is 77.0 Å². The zero-order valence-corrected chi connectivity index (χ0v) is 16.5. The predicted octanol–water partition coefficient (Wildman–Crippen LogP) is 1.47. The van der Waals surface area contributed by atoms with Gasteiger partial charge in [-0.2, -0.15) is 0 Å². The lowest BCUT2D eigenvalue weighted by Gasteiger charge is -2.44. The van der Waals surface area contributed by atoms with Gasteiger partial charge in [0.05, 0.1) is 12.9 Å². The first-order chi connectivity index (χ1) is 14.1. The number of rotatable bonds is 3. The first kappa shape index (κ1) is 18.7. The number of amides is 3. The average Bonchev–Trinajstić information content (AvgIpc) is 3.16. The normalized spacial score (nSPS) is 26.3. The van der Waals surface area contributed by atoms with Crippen molar-refractivity contribution in [3.05, 3.63) is 24.2 Å². The van der Waals surface area contributed by atoms with Crippen molar-refractivity contribution in [2.45, 2.75) is 50.3 Å². The van der Waals surface area contributed by atoms with E-state index in [9.17, 15) is 14.4 Å². The third-order valence-corrected chi connectivity index (χ3v) is 6.70. The van der Waals surface area contributed by atoms with Gasteiger partial charge in [0, 0.05) is 44.9 Å². The second-order valence-corrected chi connectivity index (χ2v) is 8.56. The van der Waals surface area contributed by atoms with E-state index in [0.29, 0.717) is 25.9 Å². The molecule has 1 aromatic heterocycles. The highest BCUT2D eigenvalue weighted by Crippen LogP contribution is 2.40. The molecule has 1 unspecified atom stereocenters. The van der Waals surface area contributed by atoms with Gasteiger partial charge in [-0.05, 0) is 37.8 Å². The Kier molecular flexibility index (Phi) is 4.61. The molecular formula is C21H27N3O5. The maximum atomic E-state index is 13.3. The molecule has 0 radical (unpaired) electrons. The predicted molar refractivity (Wildman–Crippen MR) is 102 cm³/mol. The van der Waals surface area contributed by atoms with E-state index in [1.165, 1.54) is 6.26 Å². The van der Waals surface area contributed by atoms with Crippen LogP contribution in [0.5, 0.6) is 0 Å². The summed E-state index contributed by atoms with van der Waals surface area (Å²) < 4.78 is 11.5. The second kappa shape index (κ2) is 7.16. The van der Waals surface area contributed by atoms with Gasteiger partial charge in [-0.1, -0.05) is 0 Å². The van der Waals surface area contributed by atoms with Crippen LogP contribution in [0.1, 0.15) is 49.1 Å². The summed E-state index contributed by atoms with van der Waals surface area (Å²) in [4.78, 5) is 44.3. The van der Waals surface area contributed by atoms with E-state index in [-0.39, 0.29) is 36.0 Å². The summed E-state index contributed by atoms with van der Waals surface area (Å²) in [6.45, 7) is 2.74. The molecule has 5 rings (SSSR count). The first-order valence-electron chi connectivity index (χ1n) is 10.7. The summed E-state index contributed by atoms with van der Waals surface area (Å²) in [5.41, 5.74) is -0.857. The van der Waals surface area contributed by atoms with Crippen LogP contribution in [-0.2, 0) is 14.3 Å². The van der Waals surface area contributed by atoms with Crippen LogP contribution in [0.4, 0.5) is 0 Å². The van der Waals surface area contributed by atoms with Crippen LogP contribution in [0, 0.1) is 5.92 Å². The molecule has 8 heteroatoms. The number of piperidine rings is 1. The topological polar surface area (TPSA) is 83.3 Å². The lowest BCUT2D eigenvalue weighted by atomic mass is 9.96. The smallest absolute Gasteiger partial charge is 0.292 e. The number of carbonyl (C=O) groups is 3. The Labute approximate surface area is 169 Å². The molecule has 1 atom stereocenters. The van der Waals surface area contributed by atoms with E-state index in [1.807, 2.05) is 9.80 Å². The highest BCUT2D eigenvalue weighted by atomic mass is 16.5. The molecule has 4 heterocycles. The van der Waals surface area contributed by atoms with Gasteiger partial charge in [0.25, 0.3) is 5.91 Å². The van der Waals surface area contributed by atoms with E-state index >= 15 is 0 Å². The molecule has 3 saturated heterocycles. The number of hydrogen-bond donors (Lipinski definition) is 0. The van der Waals surface area contributed by atoms with Crippen LogP contribution in [0.3, 0.4) is 0 Å². The van der Waals surface area contributed by atoms with Crippen molar-refractivity contribution < 1.29 is 23.5 Å². The molecule has 4 fully saturated rings. The Balaban J connectivity index is 1.39. The lowest BCUT2D eigenvalue weighted by molar-refractivity contribution is -0.146. The number of hydrogen-bond acceptors (Lipinski definition) is 5. The first-order valence-corrected chi connectivity index (χ1v) is 10.7. The monoisotopic (exact) mass is 401 g/mol. The molecule has 1 spiro atoms. The number of carbonyl (C=O) groups excluding carboxylic acids is 3. The van der Waals surface area contributed by atoms with Gasteiger partial charge >= 0.3 is 0 Å². The third-order valence-electron chi connectivity index (χ3n) is 6.70. The fourth-order valence-electron chi connectivity index (χ4n) is 4.89. The SMILES string of the molecule is O=C(C1CC1)N1CCC2(CC1)OCC(C(=O)N1CCCC1)N2C(=O)c1ccco1. The van der Waals surface area contributed by atoms with Crippen molar-refractivity contribution in [1.82, 2.24) is 14.7 Å².